The highest BCUT2D eigenvalue weighted by atomic mass is 35.5. The molecule has 0 aliphatic heterocycles. The van der Waals surface area contributed by atoms with Crippen molar-refractivity contribution in [3.8, 4) is 6.07 Å². The quantitative estimate of drug-likeness (QED) is 0.642. The lowest BCUT2D eigenvalue weighted by Gasteiger charge is -2.02. The molecule has 1 heterocycles. The van der Waals surface area contributed by atoms with Crippen molar-refractivity contribution >= 4 is 11.6 Å². The van der Waals surface area contributed by atoms with Crippen LogP contribution in [0.3, 0.4) is 0 Å². The largest absolute Gasteiger partial charge is 0.263 e. The zero-order chi connectivity index (χ0) is 8.27. The molecule has 0 aliphatic rings. The van der Waals surface area contributed by atoms with Crippen LogP contribution in [0.1, 0.15) is 18.4 Å². The molecule has 0 bridgehead atoms. The van der Waals surface area contributed by atoms with Crippen molar-refractivity contribution in [2.24, 2.45) is 0 Å². The lowest BCUT2D eigenvalue weighted by Crippen LogP contribution is -1.90. The van der Waals surface area contributed by atoms with E-state index in [1.54, 1.807) is 25.4 Å². The summed E-state index contributed by atoms with van der Waals surface area (Å²) < 4.78 is 0. The van der Waals surface area contributed by atoms with E-state index in [1.165, 1.54) is 0 Å². The van der Waals surface area contributed by atoms with E-state index in [-0.39, 0.29) is 5.92 Å². The van der Waals surface area contributed by atoms with E-state index < -0.39 is 0 Å². The number of hydrogen-bond donors (Lipinski definition) is 0. The number of nitriles is 1. The van der Waals surface area contributed by atoms with Crippen LogP contribution < -0.4 is 0 Å². The number of hydrogen-bond acceptors (Lipinski definition) is 2. The summed E-state index contributed by atoms with van der Waals surface area (Å²) in [5.74, 6) is -0.162. The predicted octanol–water partition coefficient (Wildman–Crippen LogP) is 2.36. The first-order valence-corrected chi connectivity index (χ1v) is 3.62. The van der Waals surface area contributed by atoms with Gasteiger partial charge in [0.15, 0.2) is 0 Å². The number of nitrogens with zero attached hydrogens (tertiary/aromatic N) is 2. The highest BCUT2D eigenvalue weighted by Gasteiger charge is 2.06. The molecular weight excluding hydrogens is 160 g/mol. The van der Waals surface area contributed by atoms with Crippen LogP contribution in [0, 0.1) is 11.3 Å². The van der Waals surface area contributed by atoms with Crippen molar-refractivity contribution in [3.05, 3.63) is 29.0 Å². The molecule has 1 unspecified atom stereocenters. The molecule has 0 fully saturated rings. The second-order valence-corrected chi connectivity index (χ2v) is 2.66. The molecule has 0 N–H and O–H groups in total. The Morgan fingerprint density at radius 2 is 2.45 bits per heavy atom. The van der Waals surface area contributed by atoms with E-state index in [0.717, 1.165) is 5.56 Å². The fraction of sp³-hybridized carbons (Fsp3) is 0.250. The number of halogens is 1. The minimum atomic E-state index is -0.162. The SMILES string of the molecule is CC(C#N)c1ccncc1Cl. The van der Waals surface area contributed by atoms with Gasteiger partial charge in [0.25, 0.3) is 0 Å². The molecule has 0 spiro atoms. The highest BCUT2D eigenvalue weighted by molar-refractivity contribution is 6.31. The average molecular weight is 167 g/mol. The minimum absolute atomic E-state index is 0.162. The van der Waals surface area contributed by atoms with Gasteiger partial charge in [0.2, 0.25) is 0 Å². The van der Waals surface area contributed by atoms with Gasteiger partial charge in [-0.15, -0.1) is 0 Å². The first-order chi connectivity index (χ1) is 5.25. The Morgan fingerprint density at radius 1 is 1.73 bits per heavy atom. The van der Waals surface area contributed by atoms with Gasteiger partial charge in [-0.1, -0.05) is 11.6 Å². The van der Waals surface area contributed by atoms with Crippen LogP contribution in [0.4, 0.5) is 0 Å². The molecule has 0 radical (unpaired) electrons. The summed E-state index contributed by atoms with van der Waals surface area (Å²) in [6.45, 7) is 1.81. The van der Waals surface area contributed by atoms with Crippen LogP contribution in [0.15, 0.2) is 18.5 Å². The molecule has 56 valence electrons. The predicted molar refractivity (Wildman–Crippen MR) is 43.3 cm³/mol. The summed E-state index contributed by atoms with van der Waals surface area (Å²) in [6.07, 6.45) is 3.18. The van der Waals surface area contributed by atoms with E-state index in [9.17, 15) is 0 Å². The van der Waals surface area contributed by atoms with Crippen LogP contribution >= 0.6 is 11.6 Å². The Kier molecular flexibility index (Phi) is 2.45. The van der Waals surface area contributed by atoms with Crippen LogP contribution in [0.5, 0.6) is 0 Å². The average Bonchev–Trinajstić information content (AvgIpc) is 2.04. The zero-order valence-corrected chi connectivity index (χ0v) is 6.84. The molecule has 1 atom stereocenters. The van der Waals surface area contributed by atoms with E-state index in [1.807, 2.05) is 0 Å². The van der Waals surface area contributed by atoms with Crippen molar-refractivity contribution in [2.75, 3.05) is 0 Å². The van der Waals surface area contributed by atoms with Crippen LogP contribution in [-0.2, 0) is 0 Å². The third kappa shape index (κ3) is 1.69. The summed E-state index contributed by atoms with van der Waals surface area (Å²) in [5, 5.41) is 9.14. The van der Waals surface area contributed by atoms with Gasteiger partial charge in [0.05, 0.1) is 17.0 Å². The molecule has 0 saturated heterocycles. The number of pyridine rings is 1. The summed E-state index contributed by atoms with van der Waals surface area (Å²) in [7, 11) is 0. The summed E-state index contributed by atoms with van der Waals surface area (Å²) in [4.78, 5) is 3.82. The fourth-order valence-corrected chi connectivity index (χ4v) is 1.09. The molecule has 1 rings (SSSR count). The smallest absolute Gasteiger partial charge is 0.0701 e. The van der Waals surface area contributed by atoms with Crippen LogP contribution in [0.2, 0.25) is 5.02 Å². The Balaban J connectivity index is 3.05. The third-order valence-corrected chi connectivity index (χ3v) is 1.78. The van der Waals surface area contributed by atoms with Crippen molar-refractivity contribution < 1.29 is 0 Å². The lowest BCUT2D eigenvalue weighted by atomic mass is 10.1. The summed E-state index contributed by atoms with van der Waals surface area (Å²) in [6, 6.07) is 3.87. The maximum absolute atomic E-state index is 8.58. The maximum Gasteiger partial charge on any atom is 0.0701 e. The van der Waals surface area contributed by atoms with Gasteiger partial charge in [-0.2, -0.15) is 5.26 Å². The van der Waals surface area contributed by atoms with Gasteiger partial charge in [0.1, 0.15) is 0 Å². The topological polar surface area (TPSA) is 36.7 Å². The van der Waals surface area contributed by atoms with E-state index >= 15 is 0 Å². The second-order valence-electron chi connectivity index (χ2n) is 2.25. The van der Waals surface area contributed by atoms with Gasteiger partial charge >= 0.3 is 0 Å². The molecule has 11 heavy (non-hydrogen) atoms. The molecule has 2 nitrogen and oxygen atoms in total. The lowest BCUT2D eigenvalue weighted by molar-refractivity contribution is 0.975. The molecule has 1 aromatic rings. The Morgan fingerprint density at radius 3 is 3.00 bits per heavy atom. The monoisotopic (exact) mass is 166 g/mol. The normalized spacial score (nSPS) is 12.1. The zero-order valence-electron chi connectivity index (χ0n) is 6.08. The van der Waals surface area contributed by atoms with Crippen LogP contribution in [-0.4, -0.2) is 4.98 Å². The van der Waals surface area contributed by atoms with Crippen molar-refractivity contribution in [3.63, 3.8) is 0 Å². The number of rotatable bonds is 1. The van der Waals surface area contributed by atoms with Gasteiger partial charge in [-0.3, -0.25) is 4.98 Å². The third-order valence-electron chi connectivity index (χ3n) is 1.46. The maximum atomic E-state index is 8.58. The Labute approximate surface area is 70.4 Å². The molecule has 0 amide bonds. The Bertz CT molecular complexity index is 290. The van der Waals surface area contributed by atoms with Gasteiger partial charge in [-0.05, 0) is 18.6 Å². The fourth-order valence-electron chi connectivity index (χ4n) is 0.807. The van der Waals surface area contributed by atoms with E-state index in [0.29, 0.717) is 5.02 Å². The summed E-state index contributed by atoms with van der Waals surface area (Å²) >= 11 is 5.78. The van der Waals surface area contributed by atoms with Crippen LogP contribution in [0.25, 0.3) is 0 Å². The minimum Gasteiger partial charge on any atom is -0.263 e. The van der Waals surface area contributed by atoms with Crippen molar-refractivity contribution in [1.82, 2.24) is 4.98 Å². The molecule has 0 aromatic carbocycles. The van der Waals surface area contributed by atoms with Gasteiger partial charge in [0, 0.05) is 12.4 Å². The first-order valence-electron chi connectivity index (χ1n) is 3.24. The Hall–Kier alpha value is -1.07. The van der Waals surface area contributed by atoms with Crippen molar-refractivity contribution in [2.45, 2.75) is 12.8 Å². The van der Waals surface area contributed by atoms with Gasteiger partial charge < -0.3 is 0 Å². The van der Waals surface area contributed by atoms with E-state index in [4.69, 9.17) is 16.9 Å². The molecule has 1 aromatic heterocycles. The highest BCUT2D eigenvalue weighted by Crippen LogP contribution is 2.21. The van der Waals surface area contributed by atoms with Crippen molar-refractivity contribution in [1.29, 1.82) is 5.26 Å². The molecular formula is C8H7ClN2. The molecule has 0 aliphatic carbocycles. The number of aromatic nitrogens is 1. The second kappa shape index (κ2) is 3.36. The molecule has 3 heteroatoms. The standard InChI is InChI=1S/C8H7ClN2/c1-6(4-10)7-2-3-11-5-8(7)9/h2-3,5-6H,1H3. The summed E-state index contributed by atoms with van der Waals surface area (Å²) in [5.41, 5.74) is 0.837. The van der Waals surface area contributed by atoms with E-state index in [2.05, 4.69) is 11.1 Å². The molecule has 0 saturated carbocycles. The van der Waals surface area contributed by atoms with Gasteiger partial charge in [-0.25, -0.2) is 0 Å². The first kappa shape index (κ1) is 8.03.